The van der Waals surface area contributed by atoms with Crippen LogP contribution in [0.4, 0.5) is 0 Å². The highest BCUT2D eigenvalue weighted by molar-refractivity contribution is 7.54. The molecule has 0 aliphatic carbocycles. The van der Waals surface area contributed by atoms with Crippen LogP contribution in [-0.2, 0) is 31.0 Å². The summed E-state index contributed by atoms with van der Waals surface area (Å²) in [5, 5.41) is 14.8. The summed E-state index contributed by atoms with van der Waals surface area (Å²) in [6.07, 6.45) is 0. The van der Waals surface area contributed by atoms with E-state index in [4.69, 9.17) is 9.05 Å². The van der Waals surface area contributed by atoms with Crippen LogP contribution in [0.1, 0.15) is 83.4 Å². The van der Waals surface area contributed by atoms with E-state index in [1.165, 1.54) is 5.56 Å². The summed E-state index contributed by atoms with van der Waals surface area (Å²) < 4.78 is 26.7. The Morgan fingerprint density at radius 1 is 0.921 bits per heavy atom. The number of phenols is 1. The van der Waals surface area contributed by atoms with Crippen LogP contribution in [0.3, 0.4) is 0 Å². The summed E-state index contributed by atoms with van der Waals surface area (Å²) in [6.45, 7) is 19.0. The molecule has 0 aliphatic rings. The van der Waals surface area contributed by atoms with Crippen LogP contribution < -0.4 is 22.3 Å². The van der Waals surface area contributed by atoms with Gasteiger partial charge in [0, 0.05) is 12.1 Å². The lowest BCUT2D eigenvalue weighted by molar-refractivity contribution is -0.902. The van der Waals surface area contributed by atoms with Crippen molar-refractivity contribution in [3.63, 3.8) is 0 Å². The fourth-order valence-electron chi connectivity index (χ4n) is 4.58. The zero-order chi connectivity index (χ0) is 28.1. The monoisotopic (exact) mass is 612 g/mol. The smallest absolute Gasteiger partial charge is 0.351 e. The lowest BCUT2D eigenvalue weighted by atomic mass is 9.78. The van der Waals surface area contributed by atoms with Crippen LogP contribution in [0.15, 0.2) is 42.5 Å². The maximum atomic E-state index is 14.2. The number of nitrogens with zero attached hydrogens (tertiary/aromatic N) is 1. The first-order valence-corrected chi connectivity index (χ1v) is 15.0. The molecule has 8 heteroatoms. The van der Waals surface area contributed by atoms with E-state index < -0.39 is 13.4 Å². The number of rotatable bonds is 12. The minimum atomic E-state index is -3.56. The van der Waals surface area contributed by atoms with Crippen molar-refractivity contribution in [1.29, 1.82) is 0 Å². The van der Waals surface area contributed by atoms with Gasteiger partial charge in [-0.05, 0) is 53.5 Å². The van der Waals surface area contributed by atoms with E-state index in [9.17, 15) is 9.67 Å². The van der Waals surface area contributed by atoms with Crippen molar-refractivity contribution >= 4 is 7.60 Å². The lowest BCUT2D eigenvalue weighted by Crippen LogP contribution is -3.00. The number of hydrogen-bond acceptors (Lipinski definition) is 5. The Balaban J connectivity index is 0.00000722. The van der Waals surface area contributed by atoms with E-state index in [1.54, 1.807) is 0 Å². The van der Waals surface area contributed by atoms with Crippen molar-refractivity contribution in [2.24, 2.45) is 0 Å². The zero-order valence-electron chi connectivity index (χ0n) is 25.1. The Morgan fingerprint density at radius 2 is 1.39 bits per heavy atom. The number of quaternary nitrogens is 1. The molecule has 0 saturated heterocycles. The van der Waals surface area contributed by atoms with Gasteiger partial charge in [0.15, 0.2) is 0 Å². The predicted octanol–water partition coefficient (Wildman–Crippen LogP) is 4.12. The molecule has 0 bridgehead atoms. The van der Waals surface area contributed by atoms with Crippen LogP contribution in [0.5, 0.6) is 5.75 Å². The number of halogens is 1. The number of nitrogens with one attached hydrogen (secondary N) is 1. The highest BCUT2D eigenvalue weighted by atomic mass is 79.9. The molecule has 38 heavy (non-hydrogen) atoms. The van der Waals surface area contributed by atoms with Gasteiger partial charge in [-0.2, -0.15) is 0 Å². The molecule has 0 heterocycles. The van der Waals surface area contributed by atoms with E-state index in [2.05, 4.69) is 85.2 Å². The molecule has 0 aromatic heterocycles. The Bertz CT molecular complexity index is 1020. The minimum Gasteiger partial charge on any atom is -1.00 e. The standard InChI is InChI=1S/C30H49N2O4P.BrH/c1-11-35-37(34,36-12-2)28(31-18-19-32(9,10)22-23-16-14-13-15-17-23)24-20-25(29(3,4)5)27(33)26(21-24)30(6,7)8;/h13-17,20-21,28,31H,11-12,18-19,22H2,1-10H3;1H. The largest absolute Gasteiger partial charge is 1.00 e. The van der Waals surface area contributed by atoms with Crippen molar-refractivity contribution in [3.05, 3.63) is 64.7 Å². The molecule has 0 aliphatic heterocycles. The Kier molecular flexibility index (Phi) is 12.8. The number of benzene rings is 2. The maximum Gasteiger partial charge on any atom is 0.351 e. The van der Waals surface area contributed by atoms with E-state index in [-0.39, 0.29) is 41.0 Å². The lowest BCUT2D eigenvalue weighted by Gasteiger charge is -2.34. The van der Waals surface area contributed by atoms with Crippen molar-refractivity contribution < 1.29 is 40.2 Å². The quantitative estimate of drug-likeness (QED) is 0.279. The highest BCUT2D eigenvalue weighted by Gasteiger charge is 2.39. The fraction of sp³-hybridized carbons (Fsp3) is 0.600. The number of aromatic hydroxyl groups is 1. The number of likely N-dealkylation sites (N-methyl/N-ethyl adjacent to an activating group) is 1. The van der Waals surface area contributed by atoms with E-state index in [0.29, 0.717) is 12.3 Å². The van der Waals surface area contributed by atoms with Crippen molar-refractivity contribution in [3.8, 4) is 5.75 Å². The Hall–Kier alpha value is -1.21. The van der Waals surface area contributed by atoms with Crippen molar-refractivity contribution in [1.82, 2.24) is 5.32 Å². The van der Waals surface area contributed by atoms with Gasteiger partial charge in [0.1, 0.15) is 18.1 Å². The Labute approximate surface area is 242 Å². The topological polar surface area (TPSA) is 67.8 Å². The van der Waals surface area contributed by atoms with Gasteiger partial charge >= 0.3 is 7.60 Å². The third-order valence-electron chi connectivity index (χ3n) is 6.51. The molecular weight excluding hydrogens is 563 g/mol. The summed E-state index contributed by atoms with van der Waals surface area (Å²) in [5.41, 5.74) is 3.12. The third kappa shape index (κ3) is 9.46. The molecule has 0 saturated carbocycles. The highest BCUT2D eigenvalue weighted by Crippen LogP contribution is 2.60. The normalized spacial score (nSPS) is 13.7. The molecule has 2 rings (SSSR count). The maximum absolute atomic E-state index is 14.2. The summed E-state index contributed by atoms with van der Waals surface area (Å²) in [6, 6.07) is 14.4. The second-order valence-electron chi connectivity index (χ2n) is 12.5. The van der Waals surface area contributed by atoms with Crippen LogP contribution >= 0.6 is 7.60 Å². The van der Waals surface area contributed by atoms with Crippen LogP contribution in [0, 0.1) is 0 Å². The second-order valence-corrected chi connectivity index (χ2v) is 14.6. The van der Waals surface area contributed by atoms with Crippen LogP contribution in [0.25, 0.3) is 0 Å². The van der Waals surface area contributed by atoms with Crippen LogP contribution in [-0.4, -0.2) is 50.0 Å². The summed E-state index contributed by atoms with van der Waals surface area (Å²) in [7, 11) is 0.839. The van der Waals surface area contributed by atoms with Gasteiger partial charge in [0.05, 0.1) is 33.9 Å². The number of phenolic OH excluding ortho intramolecular Hbond substituents is 1. The third-order valence-corrected chi connectivity index (χ3v) is 8.86. The molecule has 2 N–H and O–H groups in total. The SMILES string of the molecule is CCOP(=O)(OCC)C(NCC[N+](C)(C)Cc1ccccc1)c1cc(C(C)(C)C)c(O)c(C(C)(C)C)c1.[Br-]. The van der Waals surface area contributed by atoms with Gasteiger partial charge in [-0.1, -0.05) is 71.9 Å². The van der Waals surface area contributed by atoms with Gasteiger partial charge < -0.3 is 35.6 Å². The molecule has 0 fully saturated rings. The van der Waals surface area contributed by atoms with Gasteiger partial charge in [0.25, 0.3) is 0 Å². The van der Waals surface area contributed by atoms with Gasteiger partial charge in [-0.3, -0.25) is 9.88 Å². The summed E-state index contributed by atoms with van der Waals surface area (Å²) >= 11 is 0. The first-order valence-electron chi connectivity index (χ1n) is 13.4. The van der Waals surface area contributed by atoms with Gasteiger partial charge in [-0.25, -0.2) is 0 Å². The molecule has 0 radical (unpaired) electrons. The second kappa shape index (κ2) is 13.9. The van der Waals surface area contributed by atoms with Crippen molar-refractivity contribution in [2.45, 2.75) is 78.5 Å². The summed E-state index contributed by atoms with van der Waals surface area (Å²) in [5.74, 6) is -0.363. The molecule has 0 spiro atoms. The van der Waals surface area contributed by atoms with E-state index >= 15 is 0 Å². The molecule has 6 nitrogen and oxygen atoms in total. The van der Waals surface area contributed by atoms with Gasteiger partial charge in [0.2, 0.25) is 0 Å². The molecular formula is C30H50BrN2O4P. The van der Waals surface area contributed by atoms with Gasteiger partial charge in [-0.15, -0.1) is 0 Å². The first kappa shape index (κ1) is 34.8. The van der Waals surface area contributed by atoms with E-state index in [1.807, 2.05) is 32.0 Å². The Morgan fingerprint density at radius 3 is 1.82 bits per heavy atom. The molecule has 2 aromatic carbocycles. The van der Waals surface area contributed by atoms with Crippen molar-refractivity contribution in [2.75, 3.05) is 40.4 Å². The average Bonchev–Trinajstić information content (AvgIpc) is 2.76. The molecule has 1 atom stereocenters. The fourth-order valence-corrected chi connectivity index (χ4v) is 6.54. The molecule has 1 unspecified atom stereocenters. The molecule has 0 amide bonds. The van der Waals surface area contributed by atoms with Crippen LogP contribution in [0.2, 0.25) is 0 Å². The molecule has 216 valence electrons. The average molecular weight is 614 g/mol. The minimum absolute atomic E-state index is 0. The first-order chi connectivity index (χ1) is 17.0. The molecule has 2 aromatic rings. The van der Waals surface area contributed by atoms with E-state index in [0.717, 1.165) is 34.3 Å². The predicted molar refractivity (Wildman–Crippen MR) is 154 cm³/mol. The summed E-state index contributed by atoms with van der Waals surface area (Å²) in [4.78, 5) is 0. The zero-order valence-corrected chi connectivity index (χ0v) is 27.6. The number of hydrogen-bond donors (Lipinski definition) is 2.